The van der Waals surface area contributed by atoms with Crippen molar-refractivity contribution in [2.75, 3.05) is 23.3 Å². The van der Waals surface area contributed by atoms with Gasteiger partial charge in [-0.05, 0) is 18.1 Å². The van der Waals surface area contributed by atoms with Crippen molar-refractivity contribution in [3.8, 4) is 0 Å². The van der Waals surface area contributed by atoms with Crippen LogP contribution >= 0.6 is 0 Å². The average molecular weight is 253 g/mol. The Morgan fingerprint density at radius 2 is 2.26 bits per heavy atom. The molecule has 2 heterocycles. The highest BCUT2D eigenvalue weighted by Gasteiger charge is 2.21. The van der Waals surface area contributed by atoms with Gasteiger partial charge < -0.3 is 10.2 Å². The van der Waals surface area contributed by atoms with Crippen molar-refractivity contribution in [3.05, 3.63) is 48.7 Å². The Morgan fingerprint density at radius 3 is 3.16 bits per heavy atom. The largest absolute Gasteiger partial charge is 0.349 e. The molecule has 0 unspecified atom stereocenters. The van der Waals surface area contributed by atoms with Gasteiger partial charge in [-0.2, -0.15) is 10.1 Å². The van der Waals surface area contributed by atoms with Gasteiger partial charge >= 0.3 is 0 Å². The highest BCUT2D eigenvalue weighted by molar-refractivity contribution is 5.67. The monoisotopic (exact) mass is 253 g/mol. The Kier molecular flexibility index (Phi) is 3.10. The van der Waals surface area contributed by atoms with Gasteiger partial charge in [-0.3, -0.25) is 0 Å². The molecule has 0 amide bonds. The maximum Gasteiger partial charge on any atom is 0.244 e. The van der Waals surface area contributed by atoms with Crippen LogP contribution in [0.25, 0.3) is 0 Å². The third-order valence-electron chi connectivity index (χ3n) is 3.11. The van der Waals surface area contributed by atoms with Crippen LogP contribution in [0.5, 0.6) is 0 Å². The summed E-state index contributed by atoms with van der Waals surface area (Å²) in [5.74, 6) is 1.35. The first-order valence-electron chi connectivity index (χ1n) is 6.28. The van der Waals surface area contributed by atoms with E-state index < -0.39 is 0 Å². The number of nitrogens with one attached hydrogen (secondary N) is 1. The van der Waals surface area contributed by atoms with Crippen LogP contribution in [-0.4, -0.2) is 28.3 Å². The molecule has 0 bridgehead atoms. The Hall–Kier alpha value is -2.43. The standard InChI is InChI=1S/C14H15N5/c1-2-8-15-14-17-13(10-16-18-14)19-9-7-11-5-3-4-6-12(11)19/h2-6,10H,1,7-9H2,(H,15,17,18). The molecular formula is C14H15N5. The van der Waals surface area contributed by atoms with E-state index in [1.54, 1.807) is 12.3 Å². The number of rotatable bonds is 4. The summed E-state index contributed by atoms with van der Waals surface area (Å²) in [5.41, 5.74) is 2.55. The molecular weight excluding hydrogens is 238 g/mol. The lowest BCUT2D eigenvalue weighted by Gasteiger charge is -2.17. The summed E-state index contributed by atoms with van der Waals surface area (Å²) in [6.07, 6.45) is 4.50. The predicted octanol–water partition coefficient (Wildman–Crippen LogP) is 2.16. The van der Waals surface area contributed by atoms with Crippen LogP contribution in [0.3, 0.4) is 0 Å². The minimum atomic E-state index is 0.529. The quantitative estimate of drug-likeness (QED) is 0.846. The number of hydrogen-bond donors (Lipinski definition) is 1. The van der Waals surface area contributed by atoms with Crippen molar-refractivity contribution in [2.24, 2.45) is 0 Å². The maximum atomic E-state index is 4.48. The second-order valence-corrected chi connectivity index (χ2v) is 4.34. The molecule has 1 aromatic carbocycles. The second kappa shape index (κ2) is 5.06. The number of anilines is 3. The molecule has 1 aliphatic heterocycles. The molecule has 0 fully saturated rings. The highest BCUT2D eigenvalue weighted by atomic mass is 15.3. The first kappa shape index (κ1) is 11.6. The lowest BCUT2D eigenvalue weighted by atomic mass is 10.2. The number of benzene rings is 1. The lowest BCUT2D eigenvalue weighted by Crippen LogP contribution is -2.16. The lowest BCUT2D eigenvalue weighted by molar-refractivity contribution is 0.913. The molecule has 1 aromatic heterocycles. The van der Waals surface area contributed by atoms with Crippen molar-refractivity contribution in [3.63, 3.8) is 0 Å². The normalized spacial score (nSPS) is 13.2. The first-order valence-corrected chi connectivity index (χ1v) is 6.28. The van der Waals surface area contributed by atoms with Gasteiger partial charge in [0, 0.05) is 18.8 Å². The van der Waals surface area contributed by atoms with Crippen molar-refractivity contribution in [1.82, 2.24) is 15.2 Å². The number of para-hydroxylation sites is 1. The molecule has 5 nitrogen and oxygen atoms in total. The van der Waals surface area contributed by atoms with Crippen LogP contribution in [0.2, 0.25) is 0 Å². The zero-order valence-electron chi connectivity index (χ0n) is 10.6. The second-order valence-electron chi connectivity index (χ2n) is 4.34. The molecule has 2 aromatic rings. The van der Waals surface area contributed by atoms with Crippen LogP contribution in [-0.2, 0) is 6.42 Å². The molecule has 3 rings (SSSR count). The van der Waals surface area contributed by atoms with Gasteiger partial charge in [0.25, 0.3) is 0 Å². The Balaban J connectivity index is 1.89. The van der Waals surface area contributed by atoms with Crippen molar-refractivity contribution in [1.29, 1.82) is 0 Å². The van der Waals surface area contributed by atoms with E-state index in [0.717, 1.165) is 18.8 Å². The number of fused-ring (bicyclic) bond motifs is 1. The molecule has 19 heavy (non-hydrogen) atoms. The van der Waals surface area contributed by atoms with Crippen molar-refractivity contribution >= 4 is 17.5 Å². The van der Waals surface area contributed by atoms with Gasteiger partial charge in [-0.15, -0.1) is 11.7 Å². The predicted molar refractivity (Wildman–Crippen MR) is 75.7 cm³/mol. The zero-order chi connectivity index (χ0) is 13.1. The average Bonchev–Trinajstić information content (AvgIpc) is 2.89. The molecule has 5 heteroatoms. The minimum absolute atomic E-state index is 0.529. The Morgan fingerprint density at radius 1 is 1.37 bits per heavy atom. The van der Waals surface area contributed by atoms with E-state index in [1.807, 2.05) is 6.07 Å². The maximum absolute atomic E-state index is 4.48. The molecule has 0 spiro atoms. The molecule has 1 aliphatic rings. The SMILES string of the molecule is C=CCNc1nncc(N2CCc3ccccc32)n1. The molecule has 1 N–H and O–H groups in total. The van der Waals surface area contributed by atoms with Crippen LogP contribution in [0.15, 0.2) is 43.1 Å². The minimum Gasteiger partial charge on any atom is -0.349 e. The van der Waals surface area contributed by atoms with E-state index in [2.05, 4.69) is 50.2 Å². The van der Waals surface area contributed by atoms with E-state index in [4.69, 9.17) is 0 Å². The zero-order valence-corrected chi connectivity index (χ0v) is 10.6. The van der Waals surface area contributed by atoms with E-state index in [9.17, 15) is 0 Å². The molecule has 0 saturated carbocycles. The van der Waals surface area contributed by atoms with E-state index >= 15 is 0 Å². The fraction of sp³-hybridized carbons (Fsp3) is 0.214. The fourth-order valence-corrected chi connectivity index (χ4v) is 2.24. The molecule has 0 saturated heterocycles. The topological polar surface area (TPSA) is 53.9 Å². The van der Waals surface area contributed by atoms with Crippen LogP contribution in [0.4, 0.5) is 17.5 Å². The van der Waals surface area contributed by atoms with Crippen molar-refractivity contribution < 1.29 is 0 Å². The molecule has 0 radical (unpaired) electrons. The fourth-order valence-electron chi connectivity index (χ4n) is 2.24. The van der Waals surface area contributed by atoms with Crippen LogP contribution < -0.4 is 10.2 Å². The van der Waals surface area contributed by atoms with Crippen LogP contribution in [0.1, 0.15) is 5.56 Å². The van der Waals surface area contributed by atoms with Gasteiger partial charge in [0.1, 0.15) is 0 Å². The number of nitrogens with zero attached hydrogens (tertiary/aromatic N) is 4. The summed E-state index contributed by atoms with van der Waals surface area (Å²) in [4.78, 5) is 6.65. The summed E-state index contributed by atoms with van der Waals surface area (Å²) < 4.78 is 0. The summed E-state index contributed by atoms with van der Waals surface area (Å²) in [7, 11) is 0. The van der Waals surface area contributed by atoms with Gasteiger partial charge in [-0.1, -0.05) is 24.3 Å². The molecule has 0 atom stereocenters. The summed E-state index contributed by atoms with van der Waals surface area (Å²) >= 11 is 0. The Labute approximate surface area is 112 Å². The smallest absolute Gasteiger partial charge is 0.244 e. The van der Waals surface area contributed by atoms with Crippen LogP contribution in [0, 0.1) is 0 Å². The van der Waals surface area contributed by atoms with E-state index in [1.165, 1.54) is 11.3 Å². The van der Waals surface area contributed by atoms with Gasteiger partial charge in [0.2, 0.25) is 5.95 Å². The van der Waals surface area contributed by atoms with Gasteiger partial charge in [0.15, 0.2) is 5.82 Å². The van der Waals surface area contributed by atoms with Gasteiger partial charge in [0.05, 0.1) is 6.20 Å². The Bertz CT molecular complexity index is 596. The third kappa shape index (κ3) is 2.27. The molecule has 0 aliphatic carbocycles. The highest BCUT2D eigenvalue weighted by Crippen LogP contribution is 2.32. The van der Waals surface area contributed by atoms with Crippen molar-refractivity contribution in [2.45, 2.75) is 6.42 Å². The number of hydrogen-bond acceptors (Lipinski definition) is 5. The summed E-state index contributed by atoms with van der Waals surface area (Å²) in [6, 6.07) is 8.38. The number of aromatic nitrogens is 3. The molecule has 96 valence electrons. The van der Waals surface area contributed by atoms with E-state index in [-0.39, 0.29) is 0 Å². The summed E-state index contributed by atoms with van der Waals surface area (Å²) in [5, 5.41) is 11.0. The van der Waals surface area contributed by atoms with E-state index in [0.29, 0.717) is 12.5 Å². The summed E-state index contributed by atoms with van der Waals surface area (Å²) in [6.45, 7) is 5.21. The first-order chi connectivity index (χ1) is 9.38. The third-order valence-corrected chi connectivity index (χ3v) is 3.11. The van der Waals surface area contributed by atoms with Gasteiger partial charge in [-0.25, -0.2) is 0 Å².